The van der Waals surface area contributed by atoms with Gasteiger partial charge in [-0.3, -0.25) is 0 Å². The summed E-state index contributed by atoms with van der Waals surface area (Å²) in [6.07, 6.45) is 0. The van der Waals surface area contributed by atoms with Gasteiger partial charge >= 0.3 is 0 Å². The SMILES string of the molecule is CC1(C)c2ccccc2-c2cc(-c3ccccc3N(c3ccc4oc5ccccc5c4c3)c3cccc(-c4ccccc4)c3-c3ccccc3-c3ccccc3)ccc21. The van der Waals surface area contributed by atoms with E-state index in [0.29, 0.717) is 0 Å². The summed E-state index contributed by atoms with van der Waals surface area (Å²) in [5, 5.41) is 2.19. The Morgan fingerprint density at radius 1 is 0.356 bits per heavy atom. The molecule has 2 nitrogen and oxygen atoms in total. The lowest BCUT2D eigenvalue weighted by molar-refractivity contribution is 0.660. The molecule has 280 valence electrons. The van der Waals surface area contributed by atoms with Crippen molar-refractivity contribution in [3.63, 3.8) is 0 Å². The van der Waals surface area contributed by atoms with Crippen molar-refractivity contribution >= 4 is 39.0 Å². The molecule has 1 heterocycles. The van der Waals surface area contributed by atoms with Gasteiger partial charge in [0, 0.05) is 33.0 Å². The normalized spacial score (nSPS) is 12.7. The number of furan rings is 1. The molecule has 2 heteroatoms. The van der Waals surface area contributed by atoms with Crippen LogP contribution in [0, 0.1) is 0 Å². The van der Waals surface area contributed by atoms with E-state index in [9.17, 15) is 0 Å². The highest BCUT2D eigenvalue weighted by Gasteiger charge is 2.35. The highest BCUT2D eigenvalue weighted by atomic mass is 16.3. The van der Waals surface area contributed by atoms with Gasteiger partial charge in [-0.25, -0.2) is 0 Å². The molecule has 0 saturated heterocycles. The van der Waals surface area contributed by atoms with Gasteiger partial charge in [0.05, 0.1) is 11.4 Å². The first-order valence-electron chi connectivity index (χ1n) is 20.4. The van der Waals surface area contributed by atoms with Crippen molar-refractivity contribution in [3.05, 3.63) is 223 Å². The first-order chi connectivity index (χ1) is 29.0. The molecule has 0 atom stereocenters. The largest absolute Gasteiger partial charge is 0.456 e. The number of nitrogens with zero attached hydrogens (tertiary/aromatic N) is 1. The quantitative estimate of drug-likeness (QED) is 0.161. The Bertz CT molecular complexity index is 3190. The van der Waals surface area contributed by atoms with Crippen molar-refractivity contribution in [2.75, 3.05) is 4.90 Å². The van der Waals surface area contributed by atoms with Gasteiger partial charge in [0.1, 0.15) is 11.2 Å². The van der Waals surface area contributed by atoms with E-state index in [1.807, 2.05) is 6.07 Å². The third-order valence-corrected chi connectivity index (χ3v) is 12.3. The van der Waals surface area contributed by atoms with Crippen molar-refractivity contribution in [3.8, 4) is 55.6 Å². The zero-order valence-electron chi connectivity index (χ0n) is 33.1. The number of benzene rings is 9. The van der Waals surface area contributed by atoms with E-state index < -0.39 is 0 Å². The molecule has 0 unspecified atom stereocenters. The minimum Gasteiger partial charge on any atom is -0.456 e. The maximum atomic E-state index is 6.40. The minimum absolute atomic E-state index is 0.0717. The van der Waals surface area contributed by atoms with Gasteiger partial charge in [0.2, 0.25) is 0 Å². The van der Waals surface area contributed by atoms with Crippen LogP contribution in [0.25, 0.3) is 77.6 Å². The van der Waals surface area contributed by atoms with Crippen LogP contribution in [0.15, 0.2) is 217 Å². The van der Waals surface area contributed by atoms with Gasteiger partial charge in [0.25, 0.3) is 0 Å². The van der Waals surface area contributed by atoms with Crippen LogP contribution < -0.4 is 4.90 Å². The number of rotatable bonds is 7. The number of para-hydroxylation sites is 2. The Kier molecular flexibility index (Phi) is 8.20. The number of fused-ring (bicyclic) bond motifs is 6. The van der Waals surface area contributed by atoms with Gasteiger partial charge < -0.3 is 9.32 Å². The van der Waals surface area contributed by atoms with Crippen LogP contribution >= 0.6 is 0 Å². The summed E-state index contributed by atoms with van der Waals surface area (Å²) in [7, 11) is 0. The lowest BCUT2D eigenvalue weighted by atomic mass is 9.82. The summed E-state index contributed by atoms with van der Waals surface area (Å²) in [6, 6.07) is 77.0. The molecular weight excluding hydrogens is 715 g/mol. The van der Waals surface area contributed by atoms with Gasteiger partial charge in [-0.1, -0.05) is 184 Å². The zero-order chi connectivity index (χ0) is 39.5. The van der Waals surface area contributed by atoms with Crippen molar-refractivity contribution in [2.45, 2.75) is 19.3 Å². The molecule has 1 aromatic heterocycles. The van der Waals surface area contributed by atoms with Crippen LogP contribution in [-0.2, 0) is 5.41 Å². The smallest absolute Gasteiger partial charge is 0.135 e. The molecule has 11 rings (SSSR count). The molecular formula is C57H41NO. The number of hydrogen-bond donors (Lipinski definition) is 0. The fourth-order valence-corrected chi connectivity index (χ4v) is 9.50. The molecule has 0 aliphatic heterocycles. The van der Waals surface area contributed by atoms with Crippen molar-refractivity contribution in [1.29, 1.82) is 0 Å². The minimum atomic E-state index is -0.0717. The van der Waals surface area contributed by atoms with Crippen LogP contribution in [-0.4, -0.2) is 0 Å². The lowest BCUT2D eigenvalue weighted by Gasteiger charge is -2.31. The first-order valence-corrected chi connectivity index (χ1v) is 20.4. The molecule has 0 N–H and O–H groups in total. The highest BCUT2D eigenvalue weighted by molar-refractivity contribution is 6.08. The van der Waals surface area contributed by atoms with Gasteiger partial charge in [-0.15, -0.1) is 0 Å². The summed E-state index contributed by atoms with van der Waals surface area (Å²) >= 11 is 0. The predicted molar refractivity (Wildman–Crippen MR) is 248 cm³/mol. The summed E-state index contributed by atoms with van der Waals surface area (Å²) in [5.74, 6) is 0. The van der Waals surface area contributed by atoms with Crippen molar-refractivity contribution in [2.24, 2.45) is 0 Å². The van der Waals surface area contributed by atoms with E-state index in [0.717, 1.165) is 55.7 Å². The van der Waals surface area contributed by atoms with Crippen LogP contribution in [0.5, 0.6) is 0 Å². The predicted octanol–water partition coefficient (Wildman–Crippen LogP) is 16.0. The van der Waals surface area contributed by atoms with E-state index in [4.69, 9.17) is 4.42 Å². The van der Waals surface area contributed by atoms with Crippen LogP contribution in [0.2, 0.25) is 0 Å². The highest BCUT2D eigenvalue weighted by Crippen LogP contribution is 2.53. The number of hydrogen-bond acceptors (Lipinski definition) is 2. The fourth-order valence-electron chi connectivity index (χ4n) is 9.50. The third kappa shape index (κ3) is 5.71. The molecule has 0 radical (unpaired) electrons. The third-order valence-electron chi connectivity index (χ3n) is 12.3. The van der Waals surface area contributed by atoms with Crippen LogP contribution in [0.3, 0.4) is 0 Å². The Labute approximate surface area is 345 Å². The summed E-state index contributed by atoms with van der Waals surface area (Å²) in [6.45, 7) is 4.69. The van der Waals surface area contributed by atoms with E-state index in [-0.39, 0.29) is 5.41 Å². The average Bonchev–Trinajstić information content (AvgIpc) is 3.78. The Morgan fingerprint density at radius 3 is 1.73 bits per heavy atom. The second-order valence-corrected chi connectivity index (χ2v) is 16.0. The average molecular weight is 756 g/mol. The monoisotopic (exact) mass is 755 g/mol. The van der Waals surface area contributed by atoms with Crippen molar-refractivity contribution in [1.82, 2.24) is 0 Å². The Hall–Kier alpha value is -7.42. The Balaban J connectivity index is 1.21. The second-order valence-electron chi connectivity index (χ2n) is 16.0. The molecule has 1 aliphatic carbocycles. The Morgan fingerprint density at radius 2 is 0.932 bits per heavy atom. The molecule has 10 aromatic rings. The van der Waals surface area contributed by atoms with Gasteiger partial charge in [0.15, 0.2) is 0 Å². The van der Waals surface area contributed by atoms with E-state index in [1.165, 1.54) is 50.1 Å². The van der Waals surface area contributed by atoms with E-state index in [2.05, 4.69) is 225 Å². The zero-order valence-corrected chi connectivity index (χ0v) is 33.1. The molecule has 1 aliphatic rings. The summed E-state index contributed by atoms with van der Waals surface area (Å²) in [5.41, 5.74) is 19.6. The molecule has 0 fully saturated rings. The standard InChI is InChI=1S/C57H41NO/c1-57(2)50-28-14-11-24-45(50)48-36-40(32-34-51(48)57)43-23-12-15-29-52(43)58(41-33-35-55-49(37-41)46-25-13-16-31-54(46)59-55)53-30-17-27-44(39-20-7-4-8-21-39)56(53)47-26-10-9-22-42(47)38-18-5-3-6-19-38/h3-37H,1-2H3. The molecule has 59 heavy (non-hydrogen) atoms. The van der Waals surface area contributed by atoms with E-state index in [1.54, 1.807) is 0 Å². The fraction of sp³-hybridized carbons (Fsp3) is 0.0526. The second kappa shape index (κ2) is 13.9. The maximum absolute atomic E-state index is 6.40. The van der Waals surface area contributed by atoms with Crippen LogP contribution in [0.4, 0.5) is 17.1 Å². The van der Waals surface area contributed by atoms with Gasteiger partial charge in [-0.2, -0.15) is 0 Å². The molecule has 0 bridgehead atoms. The summed E-state index contributed by atoms with van der Waals surface area (Å²) < 4.78 is 6.40. The number of anilines is 3. The molecule has 9 aromatic carbocycles. The molecule has 0 spiro atoms. The topological polar surface area (TPSA) is 16.4 Å². The summed E-state index contributed by atoms with van der Waals surface area (Å²) in [4.78, 5) is 2.48. The van der Waals surface area contributed by atoms with Crippen LogP contribution in [0.1, 0.15) is 25.0 Å². The first kappa shape index (κ1) is 34.8. The molecule has 0 saturated carbocycles. The lowest BCUT2D eigenvalue weighted by Crippen LogP contribution is -2.15. The van der Waals surface area contributed by atoms with E-state index >= 15 is 0 Å². The maximum Gasteiger partial charge on any atom is 0.135 e. The van der Waals surface area contributed by atoms with Crippen molar-refractivity contribution < 1.29 is 4.42 Å². The molecule has 0 amide bonds. The van der Waals surface area contributed by atoms with Gasteiger partial charge in [-0.05, 0) is 98.1 Å².